The van der Waals surface area contributed by atoms with Gasteiger partial charge in [0.25, 0.3) is 0 Å². The first kappa shape index (κ1) is 37.6. The van der Waals surface area contributed by atoms with Gasteiger partial charge in [0.15, 0.2) is 0 Å². The Morgan fingerprint density at radius 2 is 0.845 bits per heavy atom. The first-order chi connectivity index (χ1) is 35.2. The van der Waals surface area contributed by atoms with E-state index in [1.807, 2.05) is 6.20 Å². The smallest absolute Gasteiger partial charge is 0.132 e. The Morgan fingerprint density at radius 1 is 0.324 bits per heavy atom. The number of aromatic nitrogens is 4. The van der Waals surface area contributed by atoms with E-state index in [9.17, 15) is 0 Å². The van der Waals surface area contributed by atoms with Gasteiger partial charge in [-0.05, 0) is 105 Å². The van der Waals surface area contributed by atoms with E-state index in [4.69, 9.17) is 14.7 Å². The quantitative estimate of drug-likeness (QED) is 0.174. The van der Waals surface area contributed by atoms with Gasteiger partial charge in [-0.25, -0.2) is 0 Å². The van der Waals surface area contributed by atoms with Crippen molar-refractivity contribution in [3.05, 3.63) is 275 Å². The van der Waals surface area contributed by atoms with Crippen LogP contribution in [0.25, 0.3) is 88.6 Å². The van der Waals surface area contributed by atoms with Gasteiger partial charge in [0.05, 0.1) is 56.2 Å². The third-order valence-corrected chi connectivity index (χ3v) is 16.5. The van der Waals surface area contributed by atoms with E-state index in [0.29, 0.717) is 0 Å². The lowest BCUT2D eigenvalue weighted by molar-refractivity contribution is 0.435. The molecule has 0 N–H and O–H groups in total. The molecule has 0 bridgehead atoms. The summed E-state index contributed by atoms with van der Waals surface area (Å²) in [6.07, 6.45) is 3.98. The molecule has 5 heteroatoms. The van der Waals surface area contributed by atoms with Crippen LogP contribution in [0.15, 0.2) is 231 Å². The summed E-state index contributed by atoms with van der Waals surface area (Å²) in [4.78, 5) is 10.8. The number of fused-ring (bicyclic) bond motifs is 26. The van der Waals surface area contributed by atoms with Crippen molar-refractivity contribution >= 4 is 43.6 Å². The summed E-state index contributed by atoms with van der Waals surface area (Å²) in [5, 5.41) is 4.80. The Hall–Kier alpha value is -9.32. The molecular formula is C66H38N4O. The van der Waals surface area contributed by atoms with Gasteiger partial charge in [0, 0.05) is 50.1 Å². The summed E-state index contributed by atoms with van der Waals surface area (Å²) in [5.41, 5.74) is 21.6. The van der Waals surface area contributed by atoms with Crippen LogP contribution < -0.4 is 4.74 Å². The largest absolute Gasteiger partial charge is 0.457 e. The second kappa shape index (κ2) is 13.3. The number of nitrogens with zero attached hydrogens (tertiary/aromatic N) is 4. The summed E-state index contributed by atoms with van der Waals surface area (Å²) in [6.45, 7) is 0. The van der Waals surface area contributed by atoms with Crippen LogP contribution in [0.3, 0.4) is 0 Å². The lowest BCUT2D eigenvalue weighted by atomic mass is 9.65. The molecule has 0 amide bonds. The number of rotatable bonds is 2. The van der Waals surface area contributed by atoms with E-state index in [-0.39, 0.29) is 0 Å². The van der Waals surface area contributed by atoms with E-state index in [1.54, 1.807) is 0 Å². The molecule has 71 heavy (non-hydrogen) atoms. The van der Waals surface area contributed by atoms with Crippen molar-refractivity contribution in [2.24, 2.45) is 0 Å². The predicted molar refractivity (Wildman–Crippen MR) is 284 cm³/mol. The van der Waals surface area contributed by atoms with Gasteiger partial charge in [-0.1, -0.05) is 164 Å². The SMILES string of the molecule is c1ccc(-n2c3ccccc3c3ccc4c5ccccc5n(-c5cnc6c(c5)C5(c7ccccc7Oc7cc8c(cc75)-c5ccccc5C85c7ccccc7-c7ccccc75)c5cccnc5-6)c4c32)cc1. The average Bonchev–Trinajstić information content (AvgIpc) is 4.21. The molecule has 9 aromatic carbocycles. The molecule has 0 fully saturated rings. The minimum Gasteiger partial charge on any atom is -0.457 e. The zero-order valence-electron chi connectivity index (χ0n) is 38.1. The van der Waals surface area contributed by atoms with Crippen molar-refractivity contribution in [1.82, 2.24) is 19.1 Å². The topological polar surface area (TPSA) is 44.9 Å². The molecule has 17 rings (SSSR count). The van der Waals surface area contributed by atoms with Gasteiger partial charge >= 0.3 is 0 Å². The van der Waals surface area contributed by atoms with E-state index >= 15 is 0 Å². The third-order valence-electron chi connectivity index (χ3n) is 16.5. The molecule has 1 unspecified atom stereocenters. The second-order valence-corrected chi connectivity index (χ2v) is 19.5. The average molecular weight is 903 g/mol. The van der Waals surface area contributed by atoms with Crippen LogP contribution in [-0.4, -0.2) is 19.1 Å². The van der Waals surface area contributed by atoms with Crippen LogP contribution in [0.1, 0.15) is 44.5 Å². The summed E-state index contributed by atoms with van der Waals surface area (Å²) in [7, 11) is 0. The standard InChI is InChI=1S/C66H38N4O/c1-2-17-39(18-3-1)69-57-29-13-7-22-44(57)46-32-33-47-45-23-8-14-30-58(45)70(64(47)63(46)69)40-35-56-62(68-38-40)61-53(28-16-34-67-61)66(56)52-27-12-15-31-59(52)71-60-37-54-48(36-55(60)66)43-21-6-11-26-51(43)65(54)49-24-9-4-19-41(49)42-20-5-10-25-50(42)65/h1-38H. The number of ether oxygens (including phenoxy) is 1. The Kier molecular flexibility index (Phi) is 7.03. The molecular weight excluding hydrogens is 865 g/mol. The summed E-state index contributed by atoms with van der Waals surface area (Å²) in [5.74, 6) is 1.67. The highest BCUT2D eigenvalue weighted by Crippen LogP contribution is 2.67. The lowest BCUT2D eigenvalue weighted by Crippen LogP contribution is -2.33. The van der Waals surface area contributed by atoms with Gasteiger partial charge in [0.1, 0.15) is 11.5 Å². The normalized spacial score (nSPS) is 15.9. The van der Waals surface area contributed by atoms with E-state index in [2.05, 4.69) is 234 Å². The third kappa shape index (κ3) is 4.41. The monoisotopic (exact) mass is 902 g/mol. The fourth-order valence-corrected chi connectivity index (χ4v) is 13.9. The molecule has 4 aromatic heterocycles. The molecule has 3 aliphatic carbocycles. The Bertz CT molecular complexity index is 4480. The zero-order chi connectivity index (χ0) is 46.2. The fourth-order valence-electron chi connectivity index (χ4n) is 13.9. The first-order valence-corrected chi connectivity index (χ1v) is 24.5. The van der Waals surface area contributed by atoms with Crippen LogP contribution in [0.5, 0.6) is 11.5 Å². The Labute approximate surface area is 408 Å². The van der Waals surface area contributed by atoms with Crippen LogP contribution in [0.4, 0.5) is 0 Å². The van der Waals surface area contributed by atoms with Crippen molar-refractivity contribution < 1.29 is 4.74 Å². The molecule has 2 spiro atoms. The van der Waals surface area contributed by atoms with Crippen molar-refractivity contribution in [3.8, 4) is 56.5 Å². The molecule has 328 valence electrons. The van der Waals surface area contributed by atoms with Gasteiger partial charge in [0.2, 0.25) is 0 Å². The van der Waals surface area contributed by atoms with Crippen LogP contribution in [-0.2, 0) is 10.8 Å². The van der Waals surface area contributed by atoms with Crippen molar-refractivity contribution in [3.63, 3.8) is 0 Å². The summed E-state index contributed by atoms with van der Waals surface area (Å²) < 4.78 is 12.2. The van der Waals surface area contributed by atoms with Crippen LogP contribution in [0, 0.1) is 0 Å². The van der Waals surface area contributed by atoms with Gasteiger partial charge in [-0.2, -0.15) is 0 Å². The van der Waals surface area contributed by atoms with Crippen LogP contribution in [0.2, 0.25) is 0 Å². The Balaban J connectivity index is 0.994. The van der Waals surface area contributed by atoms with Crippen molar-refractivity contribution in [2.75, 3.05) is 0 Å². The minimum atomic E-state index is -0.829. The van der Waals surface area contributed by atoms with E-state index in [1.165, 1.54) is 71.6 Å². The maximum atomic E-state index is 7.30. The minimum absolute atomic E-state index is 0.520. The first-order valence-electron chi connectivity index (χ1n) is 24.5. The molecule has 0 saturated carbocycles. The molecule has 13 aromatic rings. The highest BCUT2D eigenvalue weighted by atomic mass is 16.5. The summed E-state index contributed by atoms with van der Waals surface area (Å²) >= 11 is 0. The summed E-state index contributed by atoms with van der Waals surface area (Å²) in [6, 6.07) is 80.3. The number of pyridine rings is 2. The second-order valence-electron chi connectivity index (χ2n) is 19.5. The van der Waals surface area contributed by atoms with E-state index in [0.717, 1.165) is 73.1 Å². The highest BCUT2D eigenvalue weighted by Gasteiger charge is 2.56. The fraction of sp³-hybridized carbons (Fsp3) is 0.0303. The lowest BCUT2D eigenvalue weighted by Gasteiger charge is -2.40. The molecule has 1 atom stereocenters. The molecule has 5 nitrogen and oxygen atoms in total. The molecule has 0 radical (unpaired) electrons. The number of hydrogen-bond acceptors (Lipinski definition) is 3. The Morgan fingerprint density at radius 3 is 1.52 bits per heavy atom. The maximum Gasteiger partial charge on any atom is 0.132 e. The van der Waals surface area contributed by atoms with E-state index < -0.39 is 10.8 Å². The van der Waals surface area contributed by atoms with Gasteiger partial charge in [-0.3, -0.25) is 9.97 Å². The number of para-hydroxylation sites is 4. The molecule has 4 aliphatic rings. The number of benzene rings is 9. The maximum absolute atomic E-state index is 7.30. The van der Waals surface area contributed by atoms with Crippen molar-refractivity contribution in [1.29, 1.82) is 0 Å². The molecule has 1 aliphatic heterocycles. The molecule has 5 heterocycles. The predicted octanol–water partition coefficient (Wildman–Crippen LogP) is 15.5. The number of hydrogen-bond donors (Lipinski definition) is 0. The highest BCUT2D eigenvalue weighted by molar-refractivity contribution is 6.24. The van der Waals surface area contributed by atoms with Gasteiger partial charge in [-0.15, -0.1) is 0 Å². The van der Waals surface area contributed by atoms with Crippen LogP contribution >= 0.6 is 0 Å². The molecule has 0 saturated heterocycles. The zero-order valence-corrected chi connectivity index (χ0v) is 38.1. The van der Waals surface area contributed by atoms with Crippen molar-refractivity contribution in [2.45, 2.75) is 10.8 Å². The van der Waals surface area contributed by atoms with Gasteiger partial charge < -0.3 is 13.9 Å².